The molecule has 90 valence electrons. The average Bonchev–Trinajstić information content (AvgIpc) is 2.14. The summed E-state index contributed by atoms with van der Waals surface area (Å²) in [6.45, 7) is -0.908. The number of pyridine rings is 1. The van der Waals surface area contributed by atoms with E-state index in [-0.39, 0.29) is 3.70 Å². The molecule has 0 aliphatic rings. The van der Waals surface area contributed by atoms with Crippen LogP contribution in [-0.4, -0.2) is 10.1 Å². The Balaban J connectivity index is 3.52. The van der Waals surface area contributed by atoms with Gasteiger partial charge in [-0.15, -0.1) is 0 Å². The molecule has 0 spiro atoms. The predicted octanol–water partition coefficient (Wildman–Crippen LogP) is 3.13. The molecule has 1 N–H and O–H groups in total. The SMILES string of the molecule is OCc1c(I)ncc(C(F)(F)F)c1C(F)F. The van der Waals surface area contributed by atoms with Gasteiger partial charge in [-0.25, -0.2) is 13.8 Å². The molecule has 0 aromatic carbocycles. The summed E-state index contributed by atoms with van der Waals surface area (Å²) in [5.41, 5.74) is -3.19. The summed E-state index contributed by atoms with van der Waals surface area (Å²) in [6.07, 6.45) is -7.87. The quantitative estimate of drug-likeness (QED) is 0.504. The van der Waals surface area contributed by atoms with Crippen LogP contribution in [0.1, 0.15) is 23.1 Å². The first-order valence-corrected chi connectivity index (χ1v) is 5.00. The maximum absolute atomic E-state index is 12.5. The average molecular weight is 353 g/mol. The molecule has 0 saturated heterocycles. The fourth-order valence-electron chi connectivity index (χ4n) is 1.17. The lowest BCUT2D eigenvalue weighted by molar-refractivity contribution is -0.139. The van der Waals surface area contributed by atoms with Gasteiger partial charge in [-0.1, -0.05) is 0 Å². The molecule has 2 nitrogen and oxygen atoms in total. The van der Waals surface area contributed by atoms with Crippen molar-refractivity contribution in [1.29, 1.82) is 0 Å². The summed E-state index contributed by atoms with van der Waals surface area (Å²) >= 11 is 1.49. The van der Waals surface area contributed by atoms with Gasteiger partial charge in [-0.2, -0.15) is 13.2 Å². The Bertz CT molecular complexity index is 393. The number of alkyl halides is 5. The predicted molar refractivity (Wildman–Crippen MR) is 52.8 cm³/mol. The number of hydrogen-bond acceptors (Lipinski definition) is 2. The van der Waals surface area contributed by atoms with Crippen molar-refractivity contribution in [2.24, 2.45) is 0 Å². The molecule has 0 unspecified atom stereocenters. The van der Waals surface area contributed by atoms with E-state index in [1.807, 2.05) is 0 Å². The summed E-state index contributed by atoms with van der Waals surface area (Å²) < 4.78 is 62.2. The van der Waals surface area contributed by atoms with Gasteiger partial charge < -0.3 is 5.11 Å². The zero-order valence-electron chi connectivity index (χ0n) is 7.52. The van der Waals surface area contributed by atoms with Gasteiger partial charge >= 0.3 is 6.18 Å². The second kappa shape index (κ2) is 4.78. The van der Waals surface area contributed by atoms with Crippen LogP contribution in [0.5, 0.6) is 0 Å². The number of aliphatic hydroxyl groups excluding tert-OH is 1. The number of halogens is 6. The second-order valence-electron chi connectivity index (χ2n) is 2.81. The maximum Gasteiger partial charge on any atom is 0.418 e. The van der Waals surface area contributed by atoms with Crippen molar-refractivity contribution in [3.63, 3.8) is 0 Å². The van der Waals surface area contributed by atoms with Crippen LogP contribution < -0.4 is 0 Å². The standard InChI is InChI=1S/C8H5F5INO/c9-6(10)5-3(2-16)7(14)15-1-4(5)8(11,12)13/h1,6,16H,2H2. The van der Waals surface area contributed by atoms with Crippen LogP contribution in [0.4, 0.5) is 22.0 Å². The molecular formula is C8H5F5INO. The highest BCUT2D eigenvalue weighted by Gasteiger charge is 2.38. The van der Waals surface area contributed by atoms with E-state index in [0.29, 0.717) is 6.20 Å². The van der Waals surface area contributed by atoms with E-state index in [9.17, 15) is 22.0 Å². The van der Waals surface area contributed by atoms with Crippen LogP contribution in [0.2, 0.25) is 0 Å². The lowest BCUT2D eigenvalue weighted by Crippen LogP contribution is -2.14. The lowest BCUT2D eigenvalue weighted by atomic mass is 10.1. The third kappa shape index (κ3) is 2.59. The van der Waals surface area contributed by atoms with Crippen molar-refractivity contribution < 1.29 is 27.1 Å². The molecule has 0 radical (unpaired) electrons. The number of rotatable bonds is 2. The first kappa shape index (κ1) is 13.6. The molecule has 1 aromatic heterocycles. The Morgan fingerprint density at radius 1 is 1.38 bits per heavy atom. The van der Waals surface area contributed by atoms with Crippen LogP contribution in [0.25, 0.3) is 0 Å². The minimum atomic E-state index is -4.91. The molecule has 1 rings (SSSR count). The van der Waals surface area contributed by atoms with Crippen LogP contribution >= 0.6 is 22.6 Å². The lowest BCUT2D eigenvalue weighted by Gasteiger charge is -2.15. The normalized spacial score (nSPS) is 12.2. The summed E-state index contributed by atoms with van der Waals surface area (Å²) in [4.78, 5) is 3.33. The molecule has 0 aliphatic heterocycles. The van der Waals surface area contributed by atoms with E-state index >= 15 is 0 Å². The highest BCUT2D eigenvalue weighted by molar-refractivity contribution is 14.1. The van der Waals surface area contributed by atoms with E-state index in [2.05, 4.69) is 4.98 Å². The molecule has 0 bridgehead atoms. The van der Waals surface area contributed by atoms with Gasteiger partial charge in [0.2, 0.25) is 0 Å². The molecule has 1 heterocycles. The van der Waals surface area contributed by atoms with Gasteiger partial charge in [-0.05, 0) is 22.6 Å². The van der Waals surface area contributed by atoms with Crippen molar-refractivity contribution in [1.82, 2.24) is 4.98 Å². The van der Waals surface area contributed by atoms with Gasteiger partial charge in [0.1, 0.15) is 3.70 Å². The van der Waals surface area contributed by atoms with E-state index in [1.165, 1.54) is 22.6 Å². The Kier molecular flexibility index (Phi) is 4.05. The van der Waals surface area contributed by atoms with Gasteiger partial charge in [-0.3, -0.25) is 0 Å². The molecule has 8 heteroatoms. The molecule has 1 aromatic rings. The topological polar surface area (TPSA) is 33.1 Å². The van der Waals surface area contributed by atoms with Gasteiger partial charge in [0.05, 0.1) is 12.2 Å². The van der Waals surface area contributed by atoms with E-state index < -0.39 is 35.9 Å². The molecule has 0 atom stereocenters. The van der Waals surface area contributed by atoms with Crippen LogP contribution in [0, 0.1) is 3.70 Å². The molecular weight excluding hydrogens is 348 g/mol. The smallest absolute Gasteiger partial charge is 0.392 e. The van der Waals surface area contributed by atoms with Crippen molar-refractivity contribution in [2.45, 2.75) is 19.2 Å². The van der Waals surface area contributed by atoms with Crippen LogP contribution in [0.15, 0.2) is 6.20 Å². The van der Waals surface area contributed by atoms with Crippen LogP contribution in [-0.2, 0) is 12.8 Å². The first-order valence-electron chi connectivity index (χ1n) is 3.92. The second-order valence-corrected chi connectivity index (χ2v) is 3.83. The zero-order valence-corrected chi connectivity index (χ0v) is 9.68. The highest BCUT2D eigenvalue weighted by atomic mass is 127. The monoisotopic (exact) mass is 353 g/mol. The Morgan fingerprint density at radius 3 is 2.31 bits per heavy atom. The summed E-state index contributed by atoms with van der Waals surface area (Å²) in [5.74, 6) is 0. The van der Waals surface area contributed by atoms with E-state index in [1.54, 1.807) is 0 Å². The summed E-state index contributed by atoms with van der Waals surface area (Å²) in [7, 11) is 0. The van der Waals surface area contributed by atoms with Gasteiger partial charge in [0.25, 0.3) is 6.43 Å². The largest absolute Gasteiger partial charge is 0.418 e. The first-order chi connectivity index (χ1) is 7.29. The zero-order chi connectivity index (χ0) is 12.5. The number of aliphatic hydroxyl groups is 1. The molecule has 0 saturated carbocycles. The number of aromatic nitrogens is 1. The Morgan fingerprint density at radius 2 is 1.94 bits per heavy atom. The van der Waals surface area contributed by atoms with E-state index in [4.69, 9.17) is 5.11 Å². The Labute approximate surface area is 101 Å². The molecule has 0 amide bonds. The minimum Gasteiger partial charge on any atom is -0.392 e. The number of hydrogen-bond donors (Lipinski definition) is 1. The Hall–Kier alpha value is -0.510. The van der Waals surface area contributed by atoms with Gasteiger partial charge in [0.15, 0.2) is 0 Å². The van der Waals surface area contributed by atoms with Crippen molar-refractivity contribution >= 4 is 22.6 Å². The summed E-state index contributed by atoms with van der Waals surface area (Å²) in [5, 5.41) is 8.79. The fourth-order valence-corrected chi connectivity index (χ4v) is 1.77. The molecule has 16 heavy (non-hydrogen) atoms. The minimum absolute atomic E-state index is 0.0663. The van der Waals surface area contributed by atoms with Gasteiger partial charge in [0, 0.05) is 17.3 Å². The van der Waals surface area contributed by atoms with E-state index in [0.717, 1.165) is 0 Å². The van der Waals surface area contributed by atoms with Crippen molar-refractivity contribution in [2.75, 3.05) is 0 Å². The fraction of sp³-hybridized carbons (Fsp3) is 0.375. The summed E-state index contributed by atoms with van der Waals surface area (Å²) in [6, 6.07) is 0. The third-order valence-electron chi connectivity index (χ3n) is 1.85. The maximum atomic E-state index is 12.5. The van der Waals surface area contributed by atoms with Crippen molar-refractivity contribution in [3.05, 3.63) is 26.6 Å². The highest BCUT2D eigenvalue weighted by Crippen LogP contribution is 2.38. The molecule has 0 aliphatic carbocycles. The number of nitrogens with zero attached hydrogens (tertiary/aromatic N) is 1. The third-order valence-corrected chi connectivity index (χ3v) is 2.78. The molecule has 0 fully saturated rings. The van der Waals surface area contributed by atoms with Crippen LogP contribution in [0.3, 0.4) is 0 Å². The van der Waals surface area contributed by atoms with Crippen molar-refractivity contribution in [3.8, 4) is 0 Å².